The van der Waals surface area contributed by atoms with Crippen molar-refractivity contribution < 1.29 is 4.79 Å². The SMILES string of the molecule is CC[C@H](Sc1nnc(Cc2cccc3ccccc23)n1C)C(=O)Nc1ccc(Br)cc1. The molecule has 3 aromatic carbocycles. The van der Waals surface area contributed by atoms with Gasteiger partial charge in [0.15, 0.2) is 5.16 Å². The second-order valence-corrected chi connectivity index (χ2v) is 9.37. The Hall–Kier alpha value is -2.64. The Morgan fingerprint density at radius 1 is 1.06 bits per heavy atom. The minimum Gasteiger partial charge on any atom is -0.325 e. The Kier molecular flexibility index (Phi) is 6.73. The Labute approximate surface area is 194 Å². The third kappa shape index (κ3) is 4.99. The van der Waals surface area contributed by atoms with Gasteiger partial charge in [0.1, 0.15) is 5.82 Å². The Morgan fingerprint density at radius 3 is 2.58 bits per heavy atom. The maximum atomic E-state index is 12.8. The molecule has 0 saturated carbocycles. The lowest BCUT2D eigenvalue weighted by molar-refractivity contribution is -0.115. The second kappa shape index (κ2) is 9.66. The molecule has 7 heteroatoms. The van der Waals surface area contributed by atoms with Crippen LogP contribution in [0.5, 0.6) is 0 Å². The van der Waals surface area contributed by atoms with Gasteiger partial charge in [-0.1, -0.05) is 77.1 Å². The maximum Gasteiger partial charge on any atom is 0.237 e. The van der Waals surface area contributed by atoms with Crippen molar-refractivity contribution in [3.8, 4) is 0 Å². The second-order valence-electron chi connectivity index (χ2n) is 7.28. The lowest BCUT2D eigenvalue weighted by atomic mass is 10.0. The van der Waals surface area contributed by atoms with Crippen LogP contribution in [0.15, 0.2) is 76.4 Å². The Balaban J connectivity index is 1.49. The largest absolute Gasteiger partial charge is 0.325 e. The van der Waals surface area contributed by atoms with Crippen molar-refractivity contribution >= 4 is 50.1 Å². The fourth-order valence-electron chi connectivity index (χ4n) is 3.42. The summed E-state index contributed by atoms with van der Waals surface area (Å²) in [7, 11) is 1.96. The highest BCUT2D eigenvalue weighted by atomic mass is 79.9. The molecular formula is C24H23BrN4OS. The number of aromatic nitrogens is 3. The van der Waals surface area contributed by atoms with Gasteiger partial charge in [0.25, 0.3) is 0 Å². The first kappa shape index (κ1) is 21.6. The zero-order chi connectivity index (χ0) is 21.8. The fraction of sp³-hybridized carbons (Fsp3) is 0.208. The van der Waals surface area contributed by atoms with Gasteiger partial charge in [0.2, 0.25) is 5.91 Å². The van der Waals surface area contributed by atoms with Gasteiger partial charge in [-0.15, -0.1) is 10.2 Å². The average molecular weight is 495 g/mol. The van der Waals surface area contributed by atoms with Gasteiger partial charge in [-0.25, -0.2) is 0 Å². The van der Waals surface area contributed by atoms with Crippen LogP contribution in [0.2, 0.25) is 0 Å². The van der Waals surface area contributed by atoms with Gasteiger partial charge >= 0.3 is 0 Å². The van der Waals surface area contributed by atoms with Crippen molar-refractivity contribution in [2.45, 2.75) is 30.2 Å². The summed E-state index contributed by atoms with van der Waals surface area (Å²) in [5.41, 5.74) is 1.99. The fourth-order valence-corrected chi connectivity index (χ4v) is 4.63. The van der Waals surface area contributed by atoms with E-state index in [1.54, 1.807) is 0 Å². The van der Waals surface area contributed by atoms with Gasteiger partial charge in [-0.2, -0.15) is 0 Å². The number of carbonyl (C=O) groups is 1. The number of rotatable bonds is 7. The molecule has 0 aliphatic rings. The van der Waals surface area contributed by atoms with E-state index in [1.807, 2.05) is 48.9 Å². The normalized spacial score (nSPS) is 12.1. The zero-order valence-electron chi connectivity index (χ0n) is 17.4. The van der Waals surface area contributed by atoms with Crippen molar-refractivity contribution in [2.75, 3.05) is 5.32 Å². The number of nitrogens with one attached hydrogen (secondary N) is 1. The molecule has 4 aromatic rings. The van der Waals surface area contributed by atoms with Crippen LogP contribution in [0, 0.1) is 0 Å². The molecule has 1 N–H and O–H groups in total. The molecule has 0 fully saturated rings. The van der Waals surface area contributed by atoms with Crippen LogP contribution in [-0.2, 0) is 18.3 Å². The zero-order valence-corrected chi connectivity index (χ0v) is 19.8. The molecule has 5 nitrogen and oxygen atoms in total. The summed E-state index contributed by atoms with van der Waals surface area (Å²) in [5, 5.41) is 14.7. The summed E-state index contributed by atoms with van der Waals surface area (Å²) in [4.78, 5) is 12.8. The highest BCUT2D eigenvalue weighted by molar-refractivity contribution is 9.10. The number of anilines is 1. The van der Waals surface area contributed by atoms with Crippen LogP contribution < -0.4 is 5.32 Å². The molecule has 1 heterocycles. The van der Waals surface area contributed by atoms with E-state index in [4.69, 9.17) is 0 Å². The molecule has 0 aliphatic heterocycles. The van der Waals surface area contributed by atoms with Gasteiger partial charge in [0, 0.05) is 23.6 Å². The van der Waals surface area contributed by atoms with Crippen LogP contribution in [0.3, 0.4) is 0 Å². The highest BCUT2D eigenvalue weighted by Crippen LogP contribution is 2.27. The van der Waals surface area contributed by atoms with E-state index >= 15 is 0 Å². The van der Waals surface area contributed by atoms with E-state index in [0.717, 1.165) is 21.1 Å². The van der Waals surface area contributed by atoms with Crippen molar-refractivity contribution in [1.82, 2.24) is 14.8 Å². The first-order chi connectivity index (χ1) is 15.0. The van der Waals surface area contributed by atoms with E-state index in [1.165, 1.54) is 28.1 Å². The van der Waals surface area contributed by atoms with Crippen LogP contribution in [0.4, 0.5) is 5.69 Å². The number of thioether (sulfide) groups is 1. The molecule has 0 bridgehead atoms. The molecule has 1 aromatic heterocycles. The molecular weight excluding hydrogens is 472 g/mol. The lowest BCUT2D eigenvalue weighted by Gasteiger charge is -2.14. The first-order valence-electron chi connectivity index (χ1n) is 10.1. The highest BCUT2D eigenvalue weighted by Gasteiger charge is 2.22. The number of halogens is 1. The minimum atomic E-state index is -0.253. The molecule has 4 rings (SSSR count). The van der Waals surface area contributed by atoms with E-state index in [2.05, 4.69) is 67.8 Å². The lowest BCUT2D eigenvalue weighted by Crippen LogP contribution is -2.25. The average Bonchev–Trinajstić information content (AvgIpc) is 3.13. The van der Waals surface area contributed by atoms with E-state index in [9.17, 15) is 4.79 Å². The number of hydrogen-bond donors (Lipinski definition) is 1. The number of amides is 1. The standard InChI is InChI=1S/C24H23BrN4OS/c1-3-21(23(30)26-19-13-11-18(25)12-14-19)31-24-28-27-22(29(24)2)15-17-9-6-8-16-7-4-5-10-20(16)17/h4-14,21H,3,15H2,1-2H3,(H,26,30)/t21-/m0/s1. The molecule has 31 heavy (non-hydrogen) atoms. The number of fused-ring (bicyclic) bond motifs is 1. The number of benzene rings is 3. The van der Waals surface area contributed by atoms with Gasteiger partial charge in [0.05, 0.1) is 5.25 Å². The number of carbonyl (C=O) groups excluding carboxylic acids is 1. The number of hydrogen-bond acceptors (Lipinski definition) is 4. The summed E-state index contributed by atoms with van der Waals surface area (Å²) in [6.07, 6.45) is 1.38. The molecule has 1 amide bonds. The van der Waals surface area contributed by atoms with Crippen molar-refractivity contribution in [2.24, 2.45) is 7.05 Å². The predicted molar refractivity (Wildman–Crippen MR) is 130 cm³/mol. The topological polar surface area (TPSA) is 59.8 Å². The summed E-state index contributed by atoms with van der Waals surface area (Å²) in [5.74, 6) is 0.843. The predicted octanol–water partition coefficient (Wildman–Crippen LogP) is 5.83. The van der Waals surface area contributed by atoms with E-state index in [0.29, 0.717) is 12.8 Å². The smallest absolute Gasteiger partial charge is 0.237 e. The molecule has 0 unspecified atom stereocenters. The van der Waals surface area contributed by atoms with Crippen LogP contribution >= 0.6 is 27.7 Å². The van der Waals surface area contributed by atoms with E-state index < -0.39 is 0 Å². The molecule has 158 valence electrons. The third-order valence-corrected chi connectivity index (χ3v) is 7.10. The summed E-state index contributed by atoms with van der Waals surface area (Å²) in [6, 6.07) is 22.3. The van der Waals surface area contributed by atoms with E-state index in [-0.39, 0.29) is 11.2 Å². The Bertz CT molecular complexity index is 1200. The van der Waals surface area contributed by atoms with Gasteiger partial charge < -0.3 is 9.88 Å². The molecule has 0 saturated heterocycles. The molecule has 0 aliphatic carbocycles. The Morgan fingerprint density at radius 2 is 1.81 bits per heavy atom. The van der Waals surface area contributed by atoms with Crippen LogP contribution in [-0.4, -0.2) is 25.9 Å². The third-order valence-electron chi connectivity index (χ3n) is 5.18. The van der Waals surface area contributed by atoms with Gasteiger partial charge in [-0.05, 0) is 47.0 Å². The van der Waals surface area contributed by atoms with Crippen molar-refractivity contribution in [3.05, 3.63) is 82.6 Å². The minimum absolute atomic E-state index is 0.0339. The summed E-state index contributed by atoms with van der Waals surface area (Å²) < 4.78 is 2.96. The van der Waals surface area contributed by atoms with Crippen molar-refractivity contribution in [3.63, 3.8) is 0 Å². The van der Waals surface area contributed by atoms with Crippen molar-refractivity contribution in [1.29, 1.82) is 0 Å². The maximum absolute atomic E-state index is 12.8. The summed E-state index contributed by atoms with van der Waals surface area (Å²) in [6.45, 7) is 2.01. The summed E-state index contributed by atoms with van der Waals surface area (Å²) >= 11 is 4.86. The molecule has 0 radical (unpaired) electrons. The molecule has 1 atom stereocenters. The van der Waals surface area contributed by atoms with Crippen LogP contribution in [0.1, 0.15) is 24.7 Å². The quantitative estimate of drug-likeness (QED) is 0.328. The van der Waals surface area contributed by atoms with Crippen LogP contribution in [0.25, 0.3) is 10.8 Å². The first-order valence-corrected chi connectivity index (χ1v) is 11.8. The monoisotopic (exact) mass is 494 g/mol. The van der Waals surface area contributed by atoms with Gasteiger partial charge in [-0.3, -0.25) is 4.79 Å². The molecule has 0 spiro atoms. The number of nitrogens with zero attached hydrogens (tertiary/aromatic N) is 3.